The molecule has 0 aromatic heterocycles. The quantitative estimate of drug-likeness (QED) is 0.199. The van der Waals surface area contributed by atoms with Crippen molar-refractivity contribution in [2.45, 2.75) is 24.8 Å². The maximum Gasteiger partial charge on any atom is 0.414 e. The van der Waals surface area contributed by atoms with Crippen LogP contribution in [0.25, 0.3) is 10.8 Å². The number of benzene rings is 5. The van der Waals surface area contributed by atoms with Crippen LogP contribution in [-0.2, 0) is 4.57 Å². The number of rotatable bonds is 6. The Hall–Kier alpha value is -2.12. The zero-order valence-electron chi connectivity index (χ0n) is 21.3. The normalized spacial score (nSPS) is 12.9. The van der Waals surface area contributed by atoms with Crippen LogP contribution in [0.5, 0.6) is 0 Å². The molecular weight excluding hydrogens is 672 g/mol. The Labute approximate surface area is 272 Å². The largest absolute Gasteiger partial charge is 0.414 e. The SMILES string of the molecule is O=P(c1ccccc1)(c1ccccc1)c1ccccc1.OC(CC(O)C(F)(F)F)c1ccc2ccccc2c1.[Eu]. The fourth-order valence-electron chi connectivity index (χ4n) is 4.26. The van der Waals surface area contributed by atoms with Gasteiger partial charge in [-0.3, -0.25) is 0 Å². The molecule has 5 aromatic rings. The Morgan fingerprint density at radius 3 is 1.43 bits per heavy atom. The summed E-state index contributed by atoms with van der Waals surface area (Å²) in [7, 11) is -2.78. The predicted molar refractivity (Wildman–Crippen MR) is 151 cm³/mol. The first kappa shape index (κ1) is 32.4. The average Bonchev–Trinajstić information content (AvgIpc) is 2.97. The Bertz CT molecular complexity index is 1430. The van der Waals surface area contributed by atoms with Gasteiger partial charge >= 0.3 is 6.18 Å². The molecule has 5 aromatic carbocycles. The van der Waals surface area contributed by atoms with Crippen LogP contribution < -0.4 is 15.9 Å². The van der Waals surface area contributed by atoms with E-state index in [0.717, 1.165) is 26.7 Å². The second-order valence-corrected chi connectivity index (χ2v) is 11.8. The predicted octanol–water partition coefficient (Wildman–Crippen LogP) is 6.51. The van der Waals surface area contributed by atoms with Crippen LogP contribution >= 0.6 is 7.14 Å². The molecule has 0 saturated heterocycles. The zero-order valence-corrected chi connectivity index (χ0v) is 24.6. The van der Waals surface area contributed by atoms with E-state index in [9.17, 15) is 22.8 Å². The molecule has 0 fully saturated rings. The maximum atomic E-state index is 13.8. The molecule has 207 valence electrons. The molecule has 0 bridgehead atoms. The minimum absolute atomic E-state index is 0. The van der Waals surface area contributed by atoms with Crippen molar-refractivity contribution in [3.63, 3.8) is 0 Å². The topological polar surface area (TPSA) is 57.5 Å². The molecule has 5 rings (SSSR count). The van der Waals surface area contributed by atoms with Crippen molar-refractivity contribution in [2.24, 2.45) is 0 Å². The van der Waals surface area contributed by atoms with Gasteiger partial charge in [-0.1, -0.05) is 127 Å². The molecule has 0 aliphatic heterocycles. The summed E-state index contributed by atoms with van der Waals surface area (Å²) in [4.78, 5) is 0. The summed E-state index contributed by atoms with van der Waals surface area (Å²) in [5.41, 5.74) is 0.363. The Morgan fingerprint density at radius 1 is 0.600 bits per heavy atom. The number of aliphatic hydroxyl groups excluding tert-OH is 2. The number of hydrogen-bond acceptors (Lipinski definition) is 3. The van der Waals surface area contributed by atoms with Crippen LogP contribution in [0, 0.1) is 49.4 Å². The Kier molecular flexibility index (Phi) is 11.9. The number of halogens is 3. The Balaban J connectivity index is 0.000000215. The van der Waals surface area contributed by atoms with Gasteiger partial charge in [-0.2, -0.15) is 13.2 Å². The van der Waals surface area contributed by atoms with E-state index in [4.69, 9.17) is 5.11 Å². The van der Waals surface area contributed by atoms with Crippen LogP contribution in [0.2, 0.25) is 0 Å². The van der Waals surface area contributed by atoms with Gasteiger partial charge in [0.25, 0.3) is 0 Å². The average molecular weight is 701 g/mol. The minimum Gasteiger partial charge on any atom is -0.388 e. The number of alkyl halides is 3. The van der Waals surface area contributed by atoms with Gasteiger partial charge in [-0.25, -0.2) is 0 Å². The van der Waals surface area contributed by atoms with Crippen LogP contribution in [0.3, 0.4) is 0 Å². The molecule has 8 heteroatoms. The first-order valence-corrected chi connectivity index (χ1v) is 14.1. The summed E-state index contributed by atoms with van der Waals surface area (Å²) < 4.78 is 50.5. The van der Waals surface area contributed by atoms with Gasteiger partial charge in [0.2, 0.25) is 0 Å². The van der Waals surface area contributed by atoms with Gasteiger partial charge in [0.15, 0.2) is 13.2 Å². The van der Waals surface area contributed by atoms with E-state index in [1.165, 1.54) is 0 Å². The van der Waals surface area contributed by atoms with Gasteiger partial charge in [0, 0.05) is 71.7 Å². The molecule has 1 radical (unpaired) electrons. The standard InChI is InChI=1S/C18H15OP.C14H13F3O2.Eu/c19-20(16-10-4-1-5-11-16,17-12-6-2-7-13-17)18-14-8-3-9-15-18;15-14(16,17)13(19)8-12(18)11-6-5-9-3-1-2-4-10(9)7-11;/h1-15H;1-7,12-13,18-19H,8H2;. The van der Waals surface area contributed by atoms with E-state index in [2.05, 4.69) is 0 Å². The molecular formula is C32H28EuF3O3P. The number of hydrogen-bond donors (Lipinski definition) is 2. The minimum atomic E-state index is -4.71. The van der Waals surface area contributed by atoms with E-state index >= 15 is 0 Å². The monoisotopic (exact) mass is 701 g/mol. The first-order valence-electron chi connectivity index (χ1n) is 12.4. The van der Waals surface area contributed by atoms with Gasteiger partial charge in [-0.15, -0.1) is 0 Å². The first-order chi connectivity index (χ1) is 18.7. The van der Waals surface area contributed by atoms with Crippen LogP contribution in [-0.4, -0.2) is 22.5 Å². The molecule has 0 saturated carbocycles. The molecule has 40 heavy (non-hydrogen) atoms. The van der Waals surface area contributed by atoms with Crippen molar-refractivity contribution in [1.29, 1.82) is 0 Å². The summed E-state index contributed by atoms with van der Waals surface area (Å²) in [6.45, 7) is 0. The molecule has 2 atom stereocenters. The number of fused-ring (bicyclic) bond motifs is 1. The van der Waals surface area contributed by atoms with E-state index in [1.54, 1.807) is 18.2 Å². The third-order valence-electron chi connectivity index (χ3n) is 6.34. The third kappa shape index (κ3) is 8.00. The summed E-state index contributed by atoms with van der Waals surface area (Å²) in [5, 5.41) is 23.1. The third-order valence-corrected chi connectivity index (χ3v) is 9.42. The van der Waals surface area contributed by atoms with E-state index in [0.29, 0.717) is 5.56 Å². The van der Waals surface area contributed by atoms with Crippen molar-refractivity contribution in [1.82, 2.24) is 0 Å². The molecule has 2 unspecified atom stereocenters. The summed E-state index contributed by atoms with van der Waals surface area (Å²) in [6, 6.07) is 41.4. The molecule has 0 heterocycles. The summed E-state index contributed by atoms with van der Waals surface area (Å²) in [5.74, 6) is 0. The van der Waals surface area contributed by atoms with Crippen molar-refractivity contribution >= 4 is 33.8 Å². The van der Waals surface area contributed by atoms with E-state index < -0.39 is 31.9 Å². The molecule has 3 nitrogen and oxygen atoms in total. The van der Waals surface area contributed by atoms with Crippen LogP contribution in [0.4, 0.5) is 13.2 Å². The van der Waals surface area contributed by atoms with Crippen molar-refractivity contribution in [2.75, 3.05) is 0 Å². The molecule has 0 amide bonds. The van der Waals surface area contributed by atoms with Gasteiger partial charge < -0.3 is 14.8 Å². The Morgan fingerprint density at radius 2 is 1.00 bits per heavy atom. The van der Waals surface area contributed by atoms with Crippen molar-refractivity contribution < 1.29 is 77.3 Å². The van der Waals surface area contributed by atoms with Gasteiger partial charge in [0.1, 0.15) is 0 Å². The van der Waals surface area contributed by atoms with Crippen molar-refractivity contribution in [3.05, 3.63) is 139 Å². The zero-order chi connectivity index (χ0) is 27.9. The van der Waals surface area contributed by atoms with Crippen molar-refractivity contribution in [3.8, 4) is 0 Å². The fraction of sp³-hybridized carbons (Fsp3) is 0.125. The molecule has 2 N–H and O–H groups in total. The van der Waals surface area contributed by atoms with E-state index in [-0.39, 0.29) is 49.4 Å². The second kappa shape index (κ2) is 14.7. The second-order valence-electron chi connectivity index (χ2n) is 9.03. The number of aliphatic hydroxyl groups is 2. The molecule has 0 aliphatic carbocycles. The summed E-state index contributed by atoms with van der Waals surface area (Å²) in [6.07, 6.45) is -9.34. The van der Waals surface area contributed by atoms with Gasteiger partial charge in [-0.05, 0) is 22.4 Å². The maximum absolute atomic E-state index is 13.8. The van der Waals surface area contributed by atoms with Crippen LogP contribution in [0.15, 0.2) is 133 Å². The summed E-state index contributed by atoms with van der Waals surface area (Å²) >= 11 is 0. The van der Waals surface area contributed by atoms with Crippen LogP contribution in [0.1, 0.15) is 18.1 Å². The molecule has 0 spiro atoms. The van der Waals surface area contributed by atoms with E-state index in [1.807, 2.05) is 115 Å². The smallest absolute Gasteiger partial charge is 0.388 e. The molecule has 0 aliphatic rings. The van der Waals surface area contributed by atoms with Gasteiger partial charge in [0.05, 0.1) is 6.10 Å². The fourth-order valence-corrected chi connectivity index (χ4v) is 6.93.